The van der Waals surface area contributed by atoms with Gasteiger partial charge in [0.15, 0.2) is 0 Å². The minimum Gasteiger partial charge on any atom is -0.313 e. The Morgan fingerprint density at radius 3 is 2.82 bits per heavy atom. The van der Waals surface area contributed by atoms with E-state index < -0.39 is 0 Å². The molecule has 0 saturated heterocycles. The van der Waals surface area contributed by atoms with Crippen LogP contribution in [-0.4, -0.2) is 21.3 Å². The normalized spacial score (nSPS) is 10.7. The zero-order valence-corrected chi connectivity index (χ0v) is 10.3. The van der Waals surface area contributed by atoms with Crippen LogP contribution in [0.3, 0.4) is 0 Å². The van der Waals surface area contributed by atoms with Crippen LogP contribution in [0.1, 0.15) is 18.9 Å². The summed E-state index contributed by atoms with van der Waals surface area (Å²) >= 11 is 0. The van der Waals surface area contributed by atoms with Crippen molar-refractivity contribution in [2.75, 3.05) is 6.54 Å². The molecular weight excluding hydrogens is 212 g/mol. The fraction of sp³-hybridized carbons (Fsp3) is 0.385. The molecule has 0 fully saturated rings. The molecule has 0 bridgehead atoms. The number of hydrogen-bond donors (Lipinski definition) is 1. The topological polar surface area (TPSA) is 42.7 Å². The van der Waals surface area contributed by atoms with Gasteiger partial charge in [0.05, 0.1) is 6.20 Å². The Morgan fingerprint density at radius 1 is 1.24 bits per heavy atom. The van der Waals surface area contributed by atoms with Gasteiger partial charge in [-0.3, -0.25) is 9.67 Å². The Balaban J connectivity index is 2.11. The highest BCUT2D eigenvalue weighted by Crippen LogP contribution is 2.18. The SMILES string of the molecule is CCCNCc1cncc(-c2cnn(C)c2)c1. The highest BCUT2D eigenvalue weighted by atomic mass is 15.2. The summed E-state index contributed by atoms with van der Waals surface area (Å²) < 4.78 is 1.80. The van der Waals surface area contributed by atoms with Gasteiger partial charge in [0, 0.05) is 43.3 Å². The first-order valence-electron chi connectivity index (χ1n) is 5.93. The maximum Gasteiger partial charge on any atom is 0.0568 e. The lowest BCUT2D eigenvalue weighted by molar-refractivity contribution is 0.674. The number of aromatic nitrogens is 3. The van der Waals surface area contributed by atoms with Gasteiger partial charge in [0.25, 0.3) is 0 Å². The van der Waals surface area contributed by atoms with Gasteiger partial charge in [0.2, 0.25) is 0 Å². The van der Waals surface area contributed by atoms with Crippen molar-refractivity contribution in [2.24, 2.45) is 7.05 Å². The van der Waals surface area contributed by atoms with Crippen LogP contribution >= 0.6 is 0 Å². The van der Waals surface area contributed by atoms with E-state index in [4.69, 9.17) is 0 Å². The zero-order valence-electron chi connectivity index (χ0n) is 10.3. The van der Waals surface area contributed by atoms with Crippen LogP contribution in [0, 0.1) is 0 Å². The maximum absolute atomic E-state index is 4.27. The summed E-state index contributed by atoms with van der Waals surface area (Å²) in [5.74, 6) is 0. The monoisotopic (exact) mass is 230 g/mol. The molecule has 0 aliphatic carbocycles. The van der Waals surface area contributed by atoms with Crippen molar-refractivity contribution < 1.29 is 0 Å². The van der Waals surface area contributed by atoms with E-state index in [1.54, 1.807) is 4.68 Å². The van der Waals surface area contributed by atoms with Crippen molar-refractivity contribution in [1.82, 2.24) is 20.1 Å². The van der Waals surface area contributed by atoms with Crippen molar-refractivity contribution in [3.63, 3.8) is 0 Å². The van der Waals surface area contributed by atoms with E-state index in [9.17, 15) is 0 Å². The van der Waals surface area contributed by atoms with Crippen LogP contribution < -0.4 is 5.32 Å². The van der Waals surface area contributed by atoms with Crippen molar-refractivity contribution in [2.45, 2.75) is 19.9 Å². The van der Waals surface area contributed by atoms with E-state index in [1.165, 1.54) is 5.56 Å². The van der Waals surface area contributed by atoms with Gasteiger partial charge in [-0.2, -0.15) is 5.10 Å². The maximum atomic E-state index is 4.27. The highest BCUT2D eigenvalue weighted by molar-refractivity contribution is 5.61. The van der Waals surface area contributed by atoms with Gasteiger partial charge in [-0.05, 0) is 24.6 Å². The molecular formula is C13H18N4. The van der Waals surface area contributed by atoms with Crippen molar-refractivity contribution in [1.29, 1.82) is 0 Å². The summed E-state index contributed by atoms with van der Waals surface area (Å²) in [5.41, 5.74) is 3.44. The molecule has 2 aromatic heterocycles. The first-order valence-corrected chi connectivity index (χ1v) is 5.93. The molecule has 1 N–H and O–H groups in total. The molecule has 2 heterocycles. The van der Waals surface area contributed by atoms with E-state index in [2.05, 4.69) is 28.4 Å². The van der Waals surface area contributed by atoms with E-state index in [-0.39, 0.29) is 0 Å². The molecule has 0 atom stereocenters. The Labute approximate surface area is 102 Å². The van der Waals surface area contributed by atoms with Crippen LogP contribution in [0.2, 0.25) is 0 Å². The number of nitrogens with zero attached hydrogens (tertiary/aromatic N) is 3. The van der Waals surface area contributed by atoms with Crippen molar-refractivity contribution in [3.8, 4) is 11.1 Å². The molecule has 0 amide bonds. The molecule has 0 aliphatic rings. The van der Waals surface area contributed by atoms with Gasteiger partial charge < -0.3 is 5.32 Å². The largest absolute Gasteiger partial charge is 0.313 e. The van der Waals surface area contributed by atoms with Crippen LogP contribution in [0.5, 0.6) is 0 Å². The summed E-state index contributed by atoms with van der Waals surface area (Å²) in [6, 6.07) is 2.16. The van der Waals surface area contributed by atoms with Crippen LogP contribution in [0.15, 0.2) is 30.9 Å². The number of rotatable bonds is 5. The molecule has 4 nitrogen and oxygen atoms in total. The van der Waals surface area contributed by atoms with E-state index in [1.807, 2.05) is 31.8 Å². The van der Waals surface area contributed by atoms with Crippen LogP contribution in [0.4, 0.5) is 0 Å². The predicted octanol–water partition coefficient (Wildman–Crippen LogP) is 1.98. The summed E-state index contributed by atoms with van der Waals surface area (Å²) in [4.78, 5) is 4.27. The average molecular weight is 230 g/mol. The molecule has 0 unspecified atom stereocenters. The second-order valence-electron chi connectivity index (χ2n) is 4.16. The Morgan fingerprint density at radius 2 is 2.12 bits per heavy atom. The summed E-state index contributed by atoms with van der Waals surface area (Å²) in [7, 11) is 1.92. The van der Waals surface area contributed by atoms with Crippen LogP contribution in [-0.2, 0) is 13.6 Å². The fourth-order valence-electron chi connectivity index (χ4n) is 1.72. The van der Waals surface area contributed by atoms with E-state index in [0.717, 1.165) is 30.6 Å². The lowest BCUT2D eigenvalue weighted by Gasteiger charge is -2.04. The molecule has 90 valence electrons. The average Bonchev–Trinajstić information content (AvgIpc) is 2.77. The van der Waals surface area contributed by atoms with E-state index in [0.29, 0.717) is 0 Å². The molecule has 2 aromatic rings. The third-order valence-corrected chi connectivity index (χ3v) is 2.59. The molecule has 0 spiro atoms. The summed E-state index contributed by atoms with van der Waals surface area (Å²) in [6.07, 6.45) is 8.79. The van der Waals surface area contributed by atoms with Gasteiger partial charge in [0.1, 0.15) is 0 Å². The van der Waals surface area contributed by atoms with Gasteiger partial charge in [-0.15, -0.1) is 0 Å². The lowest BCUT2D eigenvalue weighted by Crippen LogP contribution is -2.13. The molecule has 0 saturated carbocycles. The number of pyridine rings is 1. The lowest BCUT2D eigenvalue weighted by atomic mass is 10.1. The minimum absolute atomic E-state index is 0.870. The molecule has 0 aliphatic heterocycles. The highest BCUT2D eigenvalue weighted by Gasteiger charge is 2.02. The van der Waals surface area contributed by atoms with E-state index >= 15 is 0 Å². The number of nitrogens with one attached hydrogen (secondary N) is 1. The first kappa shape index (κ1) is 11.8. The quantitative estimate of drug-likeness (QED) is 0.799. The molecule has 17 heavy (non-hydrogen) atoms. The standard InChI is InChI=1S/C13H18N4/c1-3-4-14-6-11-5-12(8-15-7-11)13-9-16-17(2)10-13/h5,7-10,14H,3-4,6H2,1-2H3. The second-order valence-corrected chi connectivity index (χ2v) is 4.16. The fourth-order valence-corrected chi connectivity index (χ4v) is 1.72. The van der Waals surface area contributed by atoms with Crippen LogP contribution in [0.25, 0.3) is 11.1 Å². The summed E-state index contributed by atoms with van der Waals surface area (Å²) in [6.45, 7) is 4.07. The second kappa shape index (κ2) is 5.59. The van der Waals surface area contributed by atoms with Crippen molar-refractivity contribution in [3.05, 3.63) is 36.4 Å². The Bertz CT molecular complexity index is 476. The minimum atomic E-state index is 0.870. The number of aryl methyl sites for hydroxylation is 1. The summed E-state index contributed by atoms with van der Waals surface area (Å²) in [5, 5.41) is 7.55. The van der Waals surface area contributed by atoms with Gasteiger partial charge >= 0.3 is 0 Å². The molecule has 0 radical (unpaired) electrons. The molecule has 0 aromatic carbocycles. The smallest absolute Gasteiger partial charge is 0.0568 e. The first-order chi connectivity index (χ1) is 8.29. The van der Waals surface area contributed by atoms with Crippen molar-refractivity contribution >= 4 is 0 Å². The number of hydrogen-bond acceptors (Lipinski definition) is 3. The third kappa shape index (κ3) is 3.14. The Hall–Kier alpha value is -1.68. The van der Waals surface area contributed by atoms with Gasteiger partial charge in [-0.25, -0.2) is 0 Å². The molecule has 4 heteroatoms. The molecule has 2 rings (SSSR count). The zero-order chi connectivity index (χ0) is 12.1. The third-order valence-electron chi connectivity index (χ3n) is 2.59. The predicted molar refractivity (Wildman–Crippen MR) is 68.4 cm³/mol. The Kier molecular flexibility index (Phi) is 3.88. The van der Waals surface area contributed by atoms with Gasteiger partial charge in [-0.1, -0.05) is 6.92 Å².